The SMILES string of the molecule is CCCCCCCCOP(=O)(O)OCC(CCCC)CCCCCCCC. The Morgan fingerprint density at radius 3 is 1.74 bits per heavy atom. The van der Waals surface area contributed by atoms with E-state index in [1.54, 1.807) is 0 Å². The number of phosphoric acid groups is 1. The fourth-order valence-corrected chi connectivity index (χ4v) is 4.15. The van der Waals surface area contributed by atoms with E-state index in [0.717, 1.165) is 38.5 Å². The summed E-state index contributed by atoms with van der Waals surface area (Å²) in [6.07, 6.45) is 18.9. The summed E-state index contributed by atoms with van der Waals surface area (Å²) >= 11 is 0. The van der Waals surface area contributed by atoms with E-state index in [4.69, 9.17) is 9.05 Å². The van der Waals surface area contributed by atoms with Crippen LogP contribution in [0.25, 0.3) is 0 Å². The minimum Gasteiger partial charge on any atom is -0.302 e. The van der Waals surface area contributed by atoms with Crippen molar-refractivity contribution in [3.05, 3.63) is 0 Å². The highest BCUT2D eigenvalue weighted by molar-refractivity contribution is 7.47. The Kier molecular flexibility index (Phi) is 19.5. The van der Waals surface area contributed by atoms with Gasteiger partial charge in [0.15, 0.2) is 0 Å². The highest BCUT2D eigenvalue weighted by Crippen LogP contribution is 2.44. The van der Waals surface area contributed by atoms with Crippen LogP contribution in [0.2, 0.25) is 0 Å². The molecule has 0 saturated heterocycles. The fourth-order valence-electron chi connectivity index (χ4n) is 3.32. The van der Waals surface area contributed by atoms with Gasteiger partial charge in [-0.1, -0.05) is 104 Å². The molecule has 0 aliphatic carbocycles. The largest absolute Gasteiger partial charge is 0.472 e. The van der Waals surface area contributed by atoms with Gasteiger partial charge in [0.1, 0.15) is 0 Å². The van der Waals surface area contributed by atoms with Crippen molar-refractivity contribution in [1.29, 1.82) is 0 Å². The van der Waals surface area contributed by atoms with Crippen molar-refractivity contribution in [2.45, 2.75) is 124 Å². The molecule has 0 aromatic carbocycles. The number of rotatable bonds is 21. The van der Waals surface area contributed by atoms with Gasteiger partial charge in [0.25, 0.3) is 0 Å². The molecule has 0 heterocycles. The zero-order valence-electron chi connectivity index (χ0n) is 18.4. The second-order valence-corrected chi connectivity index (χ2v) is 9.38. The second-order valence-electron chi connectivity index (χ2n) is 7.93. The van der Waals surface area contributed by atoms with Crippen molar-refractivity contribution in [3.8, 4) is 0 Å². The number of unbranched alkanes of at least 4 members (excludes halogenated alkanes) is 11. The van der Waals surface area contributed by atoms with E-state index in [9.17, 15) is 9.46 Å². The maximum absolute atomic E-state index is 12.1. The van der Waals surface area contributed by atoms with Crippen LogP contribution in [0.4, 0.5) is 0 Å². The fraction of sp³-hybridized carbons (Fsp3) is 1.00. The van der Waals surface area contributed by atoms with Crippen LogP contribution in [0.5, 0.6) is 0 Å². The Morgan fingerprint density at radius 2 is 1.15 bits per heavy atom. The zero-order valence-corrected chi connectivity index (χ0v) is 19.3. The van der Waals surface area contributed by atoms with E-state index in [-0.39, 0.29) is 0 Å². The van der Waals surface area contributed by atoms with Gasteiger partial charge in [0.05, 0.1) is 13.2 Å². The molecule has 0 radical (unpaired) electrons. The lowest BCUT2D eigenvalue weighted by atomic mass is 9.96. The van der Waals surface area contributed by atoms with Gasteiger partial charge in [-0.2, -0.15) is 0 Å². The van der Waals surface area contributed by atoms with Gasteiger partial charge in [-0.25, -0.2) is 4.57 Å². The molecule has 0 aromatic rings. The minimum atomic E-state index is -3.89. The van der Waals surface area contributed by atoms with Crippen molar-refractivity contribution in [2.24, 2.45) is 5.92 Å². The standard InChI is InChI=1S/C22H47O4P/c1-4-7-10-12-14-16-19-22(18-9-6-3)21-26-27(23,24)25-20-17-15-13-11-8-5-2/h22H,4-21H2,1-3H3,(H,23,24). The Morgan fingerprint density at radius 1 is 0.667 bits per heavy atom. The van der Waals surface area contributed by atoms with Gasteiger partial charge < -0.3 is 4.89 Å². The molecule has 2 atom stereocenters. The zero-order chi connectivity index (χ0) is 20.2. The first-order chi connectivity index (χ1) is 13.1. The maximum atomic E-state index is 12.1. The summed E-state index contributed by atoms with van der Waals surface area (Å²) in [6, 6.07) is 0. The van der Waals surface area contributed by atoms with Crippen LogP contribution < -0.4 is 0 Å². The van der Waals surface area contributed by atoms with Gasteiger partial charge >= 0.3 is 7.82 Å². The average molecular weight is 407 g/mol. The first-order valence-electron chi connectivity index (χ1n) is 11.7. The monoisotopic (exact) mass is 406 g/mol. The summed E-state index contributed by atoms with van der Waals surface area (Å²) in [4.78, 5) is 9.91. The molecule has 0 saturated carbocycles. The molecule has 164 valence electrons. The Hall–Kier alpha value is 0.110. The van der Waals surface area contributed by atoms with Crippen LogP contribution in [0.1, 0.15) is 124 Å². The van der Waals surface area contributed by atoms with Crippen LogP contribution in [-0.4, -0.2) is 18.1 Å². The smallest absolute Gasteiger partial charge is 0.302 e. The summed E-state index contributed by atoms with van der Waals surface area (Å²) in [5.74, 6) is 0.370. The van der Waals surface area contributed by atoms with Gasteiger partial charge in [-0.3, -0.25) is 9.05 Å². The first kappa shape index (κ1) is 27.1. The highest BCUT2D eigenvalue weighted by atomic mass is 31.2. The first-order valence-corrected chi connectivity index (χ1v) is 13.2. The van der Waals surface area contributed by atoms with Gasteiger partial charge in [-0.05, 0) is 25.2 Å². The molecule has 0 aliphatic rings. The molecule has 0 amide bonds. The van der Waals surface area contributed by atoms with E-state index in [0.29, 0.717) is 19.1 Å². The third kappa shape index (κ3) is 19.2. The van der Waals surface area contributed by atoms with Crippen LogP contribution in [-0.2, 0) is 13.6 Å². The van der Waals surface area contributed by atoms with Crippen molar-refractivity contribution in [2.75, 3.05) is 13.2 Å². The lowest BCUT2D eigenvalue weighted by Gasteiger charge is -2.19. The van der Waals surface area contributed by atoms with Crippen LogP contribution in [0.15, 0.2) is 0 Å². The van der Waals surface area contributed by atoms with Crippen LogP contribution in [0.3, 0.4) is 0 Å². The third-order valence-electron chi connectivity index (χ3n) is 5.16. The lowest BCUT2D eigenvalue weighted by Crippen LogP contribution is -2.10. The lowest BCUT2D eigenvalue weighted by molar-refractivity contribution is 0.123. The quantitative estimate of drug-likeness (QED) is 0.155. The molecule has 0 spiro atoms. The molecule has 4 nitrogen and oxygen atoms in total. The number of hydrogen-bond donors (Lipinski definition) is 1. The molecule has 5 heteroatoms. The van der Waals surface area contributed by atoms with E-state index >= 15 is 0 Å². The highest BCUT2D eigenvalue weighted by Gasteiger charge is 2.22. The average Bonchev–Trinajstić information content (AvgIpc) is 2.65. The molecular weight excluding hydrogens is 359 g/mol. The van der Waals surface area contributed by atoms with Crippen molar-refractivity contribution < 1.29 is 18.5 Å². The van der Waals surface area contributed by atoms with Gasteiger partial charge in [-0.15, -0.1) is 0 Å². The molecule has 0 fully saturated rings. The molecular formula is C22H47O4P. The Labute approximate surface area is 169 Å². The minimum absolute atomic E-state index is 0.316. The third-order valence-corrected chi connectivity index (χ3v) is 6.14. The summed E-state index contributed by atoms with van der Waals surface area (Å²) in [6.45, 7) is 7.28. The normalized spacial score (nSPS) is 15.0. The Bertz CT molecular complexity index is 349. The van der Waals surface area contributed by atoms with E-state index in [2.05, 4.69) is 20.8 Å². The predicted molar refractivity (Wildman–Crippen MR) is 116 cm³/mol. The summed E-state index contributed by atoms with van der Waals surface area (Å²) in [5.41, 5.74) is 0. The van der Waals surface area contributed by atoms with Crippen molar-refractivity contribution in [1.82, 2.24) is 0 Å². The van der Waals surface area contributed by atoms with Crippen LogP contribution >= 0.6 is 7.82 Å². The molecule has 0 rings (SSSR count). The van der Waals surface area contributed by atoms with Crippen LogP contribution in [0, 0.1) is 5.92 Å². The molecule has 0 aliphatic heterocycles. The van der Waals surface area contributed by atoms with E-state index in [1.807, 2.05) is 0 Å². The molecule has 2 unspecified atom stereocenters. The van der Waals surface area contributed by atoms with Gasteiger partial charge in [0.2, 0.25) is 0 Å². The van der Waals surface area contributed by atoms with Crippen molar-refractivity contribution >= 4 is 7.82 Å². The summed E-state index contributed by atoms with van der Waals surface area (Å²) < 4.78 is 22.6. The summed E-state index contributed by atoms with van der Waals surface area (Å²) in [7, 11) is -3.89. The van der Waals surface area contributed by atoms with E-state index < -0.39 is 7.82 Å². The molecule has 27 heavy (non-hydrogen) atoms. The van der Waals surface area contributed by atoms with Crippen molar-refractivity contribution in [3.63, 3.8) is 0 Å². The Balaban J connectivity index is 3.94. The second kappa shape index (κ2) is 19.4. The summed E-state index contributed by atoms with van der Waals surface area (Å²) in [5, 5.41) is 0. The molecule has 0 aromatic heterocycles. The maximum Gasteiger partial charge on any atom is 0.472 e. The predicted octanol–water partition coefficient (Wildman–Crippen LogP) is 8.04. The van der Waals surface area contributed by atoms with Gasteiger partial charge in [0, 0.05) is 0 Å². The van der Waals surface area contributed by atoms with E-state index in [1.165, 1.54) is 64.2 Å². The number of phosphoric ester groups is 1. The topological polar surface area (TPSA) is 55.8 Å². The number of hydrogen-bond acceptors (Lipinski definition) is 3. The molecule has 1 N–H and O–H groups in total. The molecule has 0 bridgehead atoms.